The van der Waals surface area contributed by atoms with Gasteiger partial charge in [-0.25, -0.2) is 0 Å². The van der Waals surface area contributed by atoms with Crippen LogP contribution in [-0.4, -0.2) is 36.1 Å². The van der Waals surface area contributed by atoms with Crippen molar-refractivity contribution < 1.29 is 0 Å². The average molecular weight is 226 g/mol. The SMILES string of the molecule is CCCC1CCCCN1C(C)CNC(C)C. The quantitative estimate of drug-likeness (QED) is 0.749. The predicted molar refractivity (Wildman–Crippen MR) is 71.9 cm³/mol. The fraction of sp³-hybridized carbons (Fsp3) is 1.00. The fourth-order valence-electron chi connectivity index (χ4n) is 2.77. The minimum absolute atomic E-state index is 0.608. The van der Waals surface area contributed by atoms with E-state index in [1.807, 2.05) is 0 Å². The van der Waals surface area contributed by atoms with Crippen molar-refractivity contribution >= 4 is 0 Å². The van der Waals surface area contributed by atoms with E-state index in [0.29, 0.717) is 12.1 Å². The van der Waals surface area contributed by atoms with Crippen LogP contribution in [0, 0.1) is 0 Å². The highest BCUT2D eigenvalue weighted by Gasteiger charge is 2.25. The molecule has 96 valence electrons. The van der Waals surface area contributed by atoms with Gasteiger partial charge < -0.3 is 5.32 Å². The molecule has 1 fully saturated rings. The number of nitrogens with zero attached hydrogens (tertiary/aromatic N) is 1. The summed E-state index contributed by atoms with van der Waals surface area (Å²) in [5.41, 5.74) is 0. The van der Waals surface area contributed by atoms with Gasteiger partial charge in [-0.1, -0.05) is 33.6 Å². The zero-order valence-corrected chi connectivity index (χ0v) is 11.6. The van der Waals surface area contributed by atoms with E-state index in [1.165, 1.54) is 38.6 Å². The topological polar surface area (TPSA) is 15.3 Å². The lowest BCUT2D eigenvalue weighted by molar-refractivity contribution is 0.0946. The monoisotopic (exact) mass is 226 g/mol. The summed E-state index contributed by atoms with van der Waals surface area (Å²) < 4.78 is 0. The first-order chi connectivity index (χ1) is 7.65. The molecule has 1 heterocycles. The summed E-state index contributed by atoms with van der Waals surface area (Å²) in [4.78, 5) is 2.74. The Kier molecular flexibility index (Phi) is 6.37. The van der Waals surface area contributed by atoms with Gasteiger partial charge in [0.2, 0.25) is 0 Å². The Labute approximate surface area is 102 Å². The zero-order chi connectivity index (χ0) is 12.0. The van der Waals surface area contributed by atoms with E-state index in [1.54, 1.807) is 0 Å². The molecule has 1 rings (SSSR count). The molecular weight excluding hydrogens is 196 g/mol. The molecule has 0 amide bonds. The highest BCUT2D eigenvalue weighted by molar-refractivity contribution is 4.82. The Balaban J connectivity index is 2.40. The molecule has 0 aromatic heterocycles. The Bertz CT molecular complexity index is 178. The van der Waals surface area contributed by atoms with Crippen molar-refractivity contribution in [1.82, 2.24) is 10.2 Å². The maximum Gasteiger partial charge on any atom is 0.0195 e. The van der Waals surface area contributed by atoms with Gasteiger partial charge in [0, 0.05) is 24.7 Å². The highest BCUT2D eigenvalue weighted by atomic mass is 15.2. The molecular formula is C14H30N2. The summed E-state index contributed by atoms with van der Waals surface area (Å²) in [7, 11) is 0. The summed E-state index contributed by atoms with van der Waals surface area (Å²) in [5, 5.41) is 3.56. The summed E-state index contributed by atoms with van der Waals surface area (Å²) in [6.07, 6.45) is 6.95. The second-order valence-electron chi connectivity index (χ2n) is 5.59. The molecule has 1 aliphatic heterocycles. The summed E-state index contributed by atoms with van der Waals surface area (Å²) in [6, 6.07) is 2.15. The lowest BCUT2D eigenvalue weighted by Crippen LogP contribution is -2.49. The van der Waals surface area contributed by atoms with Gasteiger partial charge in [0.15, 0.2) is 0 Å². The number of nitrogens with one attached hydrogen (secondary N) is 1. The second-order valence-corrected chi connectivity index (χ2v) is 5.59. The van der Waals surface area contributed by atoms with E-state index in [4.69, 9.17) is 0 Å². The van der Waals surface area contributed by atoms with Crippen LogP contribution < -0.4 is 5.32 Å². The van der Waals surface area contributed by atoms with E-state index in [9.17, 15) is 0 Å². The third-order valence-corrected chi connectivity index (χ3v) is 3.68. The number of hydrogen-bond acceptors (Lipinski definition) is 2. The molecule has 2 heteroatoms. The minimum atomic E-state index is 0.608. The molecule has 0 saturated carbocycles. The summed E-state index contributed by atoms with van der Waals surface area (Å²) in [5.74, 6) is 0. The molecule has 1 saturated heterocycles. The first kappa shape index (κ1) is 14.0. The Morgan fingerprint density at radius 1 is 1.25 bits per heavy atom. The van der Waals surface area contributed by atoms with Gasteiger partial charge in [0.25, 0.3) is 0 Å². The van der Waals surface area contributed by atoms with Gasteiger partial charge in [0.1, 0.15) is 0 Å². The molecule has 0 bridgehead atoms. The van der Waals surface area contributed by atoms with Gasteiger partial charge >= 0.3 is 0 Å². The fourth-order valence-corrected chi connectivity index (χ4v) is 2.77. The molecule has 1 aliphatic rings. The Morgan fingerprint density at radius 2 is 2.00 bits per heavy atom. The Hall–Kier alpha value is -0.0800. The maximum absolute atomic E-state index is 3.56. The van der Waals surface area contributed by atoms with Crippen molar-refractivity contribution in [2.45, 2.75) is 77.9 Å². The van der Waals surface area contributed by atoms with Crippen LogP contribution in [0.15, 0.2) is 0 Å². The van der Waals surface area contributed by atoms with Gasteiger partial charge in [-0.15, -0.1) is 0 Å². The van der Waals surface area contributed by atoms with Crippen LogP contribution in [0.25, 0.3) is 0 Å². The molecule has 16 heavy (non-hydrogen) atoms. The van der Waals surface area contributed by atoms with Crippen molar-refractivity contribution in [3.63, 3.8) is 0 Å². The van der Waals surface area contributed by atoms with Crippen LogP contribution >= 0.6 is 0 Å². The normalized spacial score (nSPS) is 24.9. The standard InChI is InChI=1S/C14H30N2/c1-5-8-14-9-6-7-10-16(14)13(4)11-15-12(2)3/h12-15H,5-11H2,1-4H3. The average Bonchev–Trinajstić information content (AvgIpc) is 2.27. The van der Waals surface area contributed by atoms with Crippen LogP contribution in [0.2, 0.25) is 0 Å². The number of likely N-dealkylation sites (tertiary alicyclic amines) is 1. The highest BCUT2D eigenvalue weighted by Crippen LogP contribution is 2.22. The first-order valence-electron chi connectivity index (χ1n) is 7.14. The minimum Gasteiger partial charge on any atom is -0.313 e. The molecule has 2 nitrogen and oxygen atoms in total. The van der Waals surface area contributed by atoms with Gasteiger partial charge in [-0.3, -0.25) is 4.90 Å². The maximum atomic E-state index is 3.56. The van der Waals surface area contributed by atoms with Gasteiger partial charge in [-0.05, 0) is 32.7 Å². The predicted octanol–water partition coefficient (Wildman–Crippen LogP) is 3.03. The molecule has 0 aliphatic carbocycles. The number of rotatable bonds is 6. The lowest BCUT2D eigenvalue weighted by Gasteiger charge is -2.40. The lowest BCUT2D eigenvalue weighted by atomic mass is 9.96. The van der Waals surface area contributed by atoms with E-state index < -0.39 is 0 Å². The van der Waals surface area contributed by atoms with Crippen LogP contribution in [0.1, 0.15) is 59.8 Å². The Morgan fingerprint density at radius 3 is 2.62 bits per heavy atom. The molecule has 1 N–H and O–H groups in total. The van der Waals surface area contributed by atoms with Crippen molar-refractivity contribution in [2.24, 2.45) is 0 Å². The van der Waals surface area contributed by atoms with E-state index in [-0.39, 0.29) is 0 Å². The summed E-state index contributed by atoms with van der Waals surface area (Å²) >= 11 is 0. The van der Waals surface area contributed by atoms with Gasteiger partial charge in [-0.2, -0.15) is 0 Å². The number of piperidine rings is 1. The molecule has 0 radical (unpaired) electrons. The largest absolute Gasteiger partial charge is 0.313 e. The zero-order valence-electron chi connectivity index (χ0n) is 11.6. The third kappa shape index (κ3) is 4.42. The molecule has 2 atom stereocenters. The van der Waals surface area contributed by atoms with E-state index >= 15 is 0 Å². The molecule has 0 spiro atoms. The van der Waals surface area contributed by atoms with Crippen molar-refractivity contribution in [1.29, 1.82) is 0 Å². The molecule has 2 unspecified atom stereocenters. The van der Waals surface area contributed by atoms with Crippen molar-refractivity contribution in [3.05, 3.63) is 0 Å². The van der Waals surface area contributed by atoms with E-state index in [0.717, 1.165) is 12.6 Å². The van der Waals surface area contributed by atoms with Crippen LogP contribution in [0.5, 0.6) is 0 Å². The van der Waals surface area contributed by atoms with Crippen molar-refractivity contribution in [3.8, 4) is 0 Å². The molecule has 0 aromatic rings. The van der Waals surface area contributed by atoms with Crippen molar-refractivity contribution in [2.75, 3.05) is 13.1 Å². The number of hydrogen-bond donors (Lipinski definition) is 1. The van der Waals surface area contributed by atoms with Gasteiger partial charge in [0.05, 0.1) is 0 Å². The first-order valence-corrected chi connectivity index (χ1v) is 7.14. The second kappa shape index (κ2) is 7.29. The van der Waals surface area contributed by atoms with Crippen LogP contribution in [0.3, 0.4) is 0 Å². The smallest absolute Gasteiger partial charge is 0.0195 e. The summed E-state index contributed by atoms with van der Waals surface area (Å²) in [6.45, 7) is 11.6. The van der Waals surface area contributed by atoms with E-state index in [2.05, 4.69) is 37.9 Å². The molecule has 0 aromatic carbocycles. The van der Waals surface area contributed by atoms with Crippen LogP contribution in [-0.2, 0) is 0 Å². The third-order valence-electron chi connectivity index (χ3n) is 3.68. The van der Waals surface area contributed by atoms with Crippen LogP contribution in [0.4, 0.5) is 0 Å².